The number of nitrogens with zero attached hydrogens (tertiary/aromatic N) is 3. The fraction of sp³-hybridized carbons (Fsp3) is 0. The van der Waals surface area contributed by atoms with Gasteiger partial charge >= 0.3 is 0 Å². The van der Waals surface area contributed by atoms with Gasteiger partial charge in [0.2, 0.25) is 0 Å². The number of rotatable bonds is 8. The van der Waals surface area contributed by atoms with E-state index < -0.39 is 0 Å². The van der Waals surface area contributed by atoms with Gasteiger partial charge in [-0.3, -0.25) is 0 Å². The second-order valence-electron chi connectivity index (χ2n) is 13.5. The molecule has 0 aliphatic carbocycles. The molecule has 0 atom stereocenters. The Bertz CT molecular complexity index is 2600. The maximum Gasteiger partial charge on any atom is 0.164 e. The molecule has 0 unspecified atom stereocenters. The highest BCUT2D eigenvalue weighted by molar-refractivity contribution is 5.93. The van der Waals surface area contributed by atoms with Crippen molar-refractivity contribution in [3.05, 3.63) is 206 Å². The number of nitrogen functional groups attached to an aromatic ring is 1. The van der Waals surface area contributed by atoms with Crippen molar-refractivity contribution >= 4 is 5.69 Å². The molecule has 4 nitrogen and oxygen atoms in total. The quantitative estimate of drug-likeness (QED) is 0.160. The molecule has 260 valence electrons. The molecule has 0 amide bonds. The SMILES string of the molecule is Nc1c(-c2ccccc2)cc(-c2nc(-c3ccc(-c4ccccc4)cc3)nc(-c3cc(-c4ccccc4)cc(-c4ccccc4)c3)n2)cc1-c1ccccc1. The first kappa shape index (κ1) is 33.4. The van der Waals surface area contributed by atoms with Crippen LogP contribution in [-0.2, 0) is 0 Å². The van der Waals surface area contributed by atoms with Crippen LogP contribution >= 0.6 is 0 Å². The van der Waals surface area contributed by atoms with Crippen LogP contribution < -0.4 is 5.73 Å². The normalized spacial score (nSPS) is 11.0. The average molecular weight is 705 g/mol. The van der Waals surface area contributed by atoms with Crippen LogP contribution in [0.4, 0.5) is 5.69 Å². The van der Waals surface area contributed by atoms with E-state index >= 15 is 0 Å². The molecule has 0 aliphatic heterocycles. The largest absolute Gasteiger partial charge is 0.398 e. The van der Waals surface area contributed by atoms with Crippen LogP contribution in [0.25, 0.3) is 89.8 Å². The van der Waals surface area contributed by atoms with Crippen LogP contribution in [0, 0.1) is 0 Å². The van der Waals surface area contributed by atoms with Gasteiger partial charge < -0.3 is 5.73 Å². The molecule has 9 aromatic rings. The summed E-state index contributed by atoms with van der Waals surface area (Å²) in [6.45, 7) is 0. The molecule has 0 saturated carbocycles. The highest BCUT2D eigenvalue weighted by Gasteiger charge is 2.19. The first-order chi connectivity index (χ1) is 27.2. The highest BCUT2D eigenvalue weighted by Crippen LogP contribution is 2.40. The van der Waals surface area contributed by atoms with E-state index in [9.17, 15) is 0 Å². The summed E-state index contributed by atoms with van der Waals surface area (Å²) in [6, 6.07) is 71.0. The average Bonchev–Trinajstić information content (AvgIpc) is 3.27. The Morgan fingerprint density at radius 2 is 0.509 bits per heavy atom. The van der Waals surface area contributed by atoms with E-state index in [1.807, 2.05) is 54.6 Å². The number of aromatic nitrogens is 3. The Kier molecular flexibility index (Phi) is 9.05. The van der Waals surface area contributed by atoms with Crippen LogP contribution in [-0.4, -0.2) is 15.0 Å². The molecule has 9 rings (SSSR count). The predicted octanol–water partition coefficient (Wildman–Crippen LogP) is 12.8. The van der Waals surface area contributed by atoms with Crippen LogP contribution in [0.1, 0.15) is 0 Å². The third-order valence-electron chi connectivity index (χ3n) is 9.90. The molecule has 0 radical (unpaired) electrons. The van der Waals surface area contributed by atoms with Gasteiger partial charge in [0.15, 0.2) is 17.5 Å². The highest BCUT2D eigenvalue weighted by atomic mass is 15.0. The zero-order valence-electron chi connectivity index (χ0n) is 30.0. The third kappa shape index (κ3) is 7.05. The van der Waals surface area contributed by atoms with Gasteiger partial charge in [-0.15, -0.1) is 0 Å². The van der Waals surface area contributed by atoms with Crippen molar-refractivity contribution < 1.29 is 0 Å². The van der Waals surface area contributed by atoms with E-state index in [-0.39, 0.29) is 0 Å². The number of benzene rings is 8. The molecule has 0 fully saturated rings. The molecule has 0 bridgehead atoms. The fourth-order valence-electron chi connectivity index (χ4n) is 7.05. The summed E-state index contributed by atoms with van der Waals surface area (Å²) in [7, 11) is 0. The Morgan fingerprint density at radius 3 is 0.909 bits per heavy atom. The summed E-state index contributed by atoms with van der Waals surface area (Å²) in [5.41, 5.74) is 20.9. The molecule has 55 heavy (non-hydrogen) atoms. The van der Waals surface area contributed by atoms with Gasteiger partial charge in [0.05, 0.1) is 0 Å². The number of hydrogen-bond acceptors (Lipinski definition) is 4. The van der Waals surface area contributed by atoms with E-state index in [4.69, 9.17) is 20.7 Å². The minimum absolute atomic E-state index is 0.563. The standard InChI is InChI=1S/C51H36N4/c52-48-46(39-22-12-4-13-23-39)33-45(34-47(48)40-24-14-5-15-25-40)51-54-49(41-28-26-38(27-29-41)35-16-6-1-7-17-35)53-50(55-51)44-31-42(36-18-8-2-9-19-36)30-43(32-44)37-20-10-3-11-21-37/h1-34H,52H2. The first-order valence-corrected chi connectivity index (χ1v) is 18.4. The van der Waals surface area contributed by atoms with Crippen LogP contribution in [0.2, 0.25) is 0 Å². The Labute approximate surface area is 321 Å². The summed E-state index contributed by atoms with van der Waals surface area (Å²) in [5, 5.41) is 0. The lowest BCUT2D eigenvalue weighted by atomic mass is 9.93. The van der Waals surface area contributed by atoms with Crippen molar-refractivity contribution in [3.63, 3.8) is 0 Å². The van der Waals surface area contributed by atoms with Crippen molar-refractivity contribution in [2.45, 2.75) is 0 Å². The first-order valence-electron chi connectivity index (χ1n) is 18.4. The predicted molar refractivity (Wildman–Crippen MR) is 228 cm³/mol. The molecule has 1 aromatic heterocycles. The maximum absolute atomic E-state index is 6.99. The zero-order chi connectivity index (χ0) is 37.0. The summed E-state index contributed by atoms with van der Waals surface area (Å²) in [6.07, 6.45) is 0. The van der Waals surface area contributed by atoms with Gasteiger partial charge in [0.25, 0.3) is 0 Å². The second kappa shape index (κ2) is 14.9. The van der Waals surface area contributed by atoms with Gasteiger partial charge in [-0.05, 0) is 74.8 Å². The van der Waals surface area contributed by atoms with Crippen LogP contribution in [0.15, 0.2) is 206 Å². The molecule has 0 saturated heterocycles. The molecule has 0 aliphatic rings. The lowest BCUT2D eigenvalue weighted by molar-refractivity contribution is 1.07. The van der Waals surface area contributed by atoms with E-state index in [2.05, 4.69) is 152 Å². The maximum atomic E-state index is 6.99. The van der Waals surface area contributed by atoms with E-state index in [1.165, 1.54) is 0 Å². The van der Waals surface area contributed by atoms with Gasteiger partial charge in [-0.1, -0.05) is 176 Å². The van der Waals surface area contributed by atoms with Gasteiger partial charge in [0, 0.05) is 33.5 Å². The van der Waals surface area contributed by atoms with Crippen molar-refractivity contribution in [2.24, 2.45) is 0 Å². The van der Waals surface area contributed by atoms with Gasteiger partial charge in [0.1, 0.15) is 0 Å². The smallest absolute Gasteiger partial charge is 0.164 e. The summed E-state index contributed by atoms with van der Waals surface area (Å²) in [4.78, 5) is 15.7. The molecule has 4 heteroatoms. The van der Waals surface area contributed by atoms with Gasteiger partial charge in [-0.2, -0.15) is 0 Å². The molecule has 1 heterocycles. The van der Waals surface area contributed by atoms with E-state index in [0.717, 1.165) is 72.3 Å². The fourth-order valence-corrected chi connectivity index (χ4v) is 7.05. The minimum Gasteiger partial charge on any atom is -0.398 e. The molecule has 8 aromatic carbocycles. The monoisotopic (exact) mass is 704 g/mol. The summed E-state index contributed by atoms with van der Waals surface area (Å²) >= 11 is 0. The van der Waals surface area contributed by atoms with Crippen LogP contribution in [0.3, 0.4) is 0 Å². The second-order valence-corrected chi connectivity index (χ2v) is 13.5. The Morgan fingerprint density at radius 1 is 0.236 bits per heavy atom. The topological polar surface area (TPSA) is 64.7 Å². The summed E-state index contributed by atoms with van der Waals surface area (Å²) in [5.74, 6) is 1.74. The van der Waals surface area contributed by atoms with E-state index in [1.54, 1.807) is 0 Å². The molecule has 0 spiro atoms. The van der Waals surface area contributed by atoms with Gasteiger partial charge in [-0.25, -0.2) is 15.0 Å². The summed E-state index contributed by atoms with van der Waals surface area (Å²) < 4.78 is 0. The van der Waals surface area contributed by atoms with Crippen LogP contribution in [0.5, 0.6) is 0 Å². The van der Waals surface area contributed by atoms with Crippen molar-refractivity contribution in [1.82, 2.24) is 15.0 Å². The molecular weight excluding hydrogens is 669 g/mol. The Balaban J connectivity index is 1.28. The van der Waals surface area contributed by atoms with Crippen molar-refractivity contribution in [3.8, 4) is 89.8 Å². The molecular formula is C51H36N4. The third-order valence-corrected chi connectivity index (χ3v) is 9.90. The van der Waals surface area contributed by atoms with Crippen molar-refractivity contribution in [2.75, 3.05) is 5.73 Å². The van der Waals surface area contributed by atoms with Crippen molar-refractivity contribution in [1.29, 1.82) is 0 Å². The lowest BCUT2D eigenvalue weighted by Crippen LogP contribution is -2.02. The lowest BCUT2D eigenvalue weighted by Gasteiger charge is -2.16. The number of hydrogen-bond donors (Lipinski definition) is 1. The molecule has 2 N–H and O–H groups in total. The Hall–Kier alpha value is -7.43. The van der Waals surface area contributed by atoms with E-state index in [0.29, 0.717) is 23.2 Å². The number of anilines is 1. The number of nitrogens with two attached hydrogens (primary N) is 1. The minimum atomic E-state index is 0.563. The zero-order valence-corrected chi connectivity index (χ0v) is 30.0.